The van der Waals surface area contributed by atoms with E-state index in [1.165, 1.54) is 13.8 Å². The van der Waals surface area contributed by atoms with Crippen molar-refractivity contribution in [1.82, 2.24) is 0 Å². The molecule has 0 saturated heterocycles. The lowest BCUT2D eigenvalue weighted by Gasteiger charge is -2.15. The van der Waals surface area contributed by atoms with E-state index in [0.29, 0.717) is 0 Å². The fourth-order valence-corrected chi connectivity index (χ4v) is 0.610. The van der Waals surface area contributed by atoms with Crippen LogP contribution in [0.4, 0.5) is 4.39 Å². The van der Waals surface area contributed by atoms with Crippen molar-refractivity contribution in [2.24, 2.45) is 5.73 Å². The monoisotopic (exact) mass is 148 g/mol. The van der Waals surface area contributed by atoms with Crippen LogP contribution in [0, 0.1) is 0 Å². The summed E-state index contributed by atoms with van der Waals surface area (Å²) in [6.07, 6.45) is -0.150. The number of carboxylic acids is 1. The number of rotatable bonds is 3. The van der Waals surface area contributed by atoms with Gasteiger partial charge in [0.1, 0.15) is 11.7 Å². The van der Waals surface area contributed by atoms with Crippen LogP contribution in [0.5, 0.6) is 0 Å². The molecule has 3 N–H and O–H groups in total. The van der Waals surface area contributed by atoms with Crippen LogP contribution >= 0.6 is 0 Å². The smallest absolute Gasteiger partial charge is 0.320 e. The Hall–Kier alpha value is -0.640. The van der Waals surface area contributed by atoms with Gasteiger partial charge in [0.05, 0.1) is 0 Å². The second kappa shape index (κ2) is 2.96. The van der Waals surface area contributed by atoms with Crippen molar-refractivity contribution in [3.63, 3.8) is 0 Å². The molecular formula is C6H12FNO2. The van der Waals surface area contributed by atoms with Gasteiger partial charge in [-0.1, -0.05) is 0 Å². The van der Waals surface area contributed by atoms with Crippen molar-refractivity contribution in [1.29, 1.82) is 0 Å². The number of alkyl halides is 1. The standard InChI is InChI=1S/C6H12FNO2/c1-6(2,7)3-4(8)5(9)10/h4H,3,8H2,1-2H3,(H,9,10)/t4-/m0/s1/i7-1. The first-order chi connectivity index (χ1) is 4.33. The molecule has 0 aliphatic heterocycles. The van der Waals surface area contributed by atoms with E-state index in [0.717, 1.165) is 0 Å². The fraction of sp³-hybridized carbons (Fsp3) is 0.833. The first kappa shape index (κ1) is 9.36. The van der Waals surface area contributed by atoms with Crippen LogP contribution in [-0.4, -0.2) is 22.8 Å². The van der Waals surface area contributed by atoms with Gasteiger partial charge in [0.15, 0.2) is 0 Å². The molecule has 0 saturated carbocycles. The minimum atomic E-state index is -1.50. The lowest BCUT2D eigenvalue weighted by molar-refractivity contribution is -0.139. The Morgan fingerprint density at radius 3 is 2.30 bits per heavy atom. The van der Waals surface area contributed by atoms with Crippen LogP contribution in [0.2, 0.25) is 0 Å². The van der Waals surface area contributed by atoms with E-state index in [2.05, 4.69) is 0 Å². The predicted octanol–water partition coefficient (Wildman–Crippen LogP) is 0.536. The summed E-state index contributed by atoms with van der Waals surface area (Å²) in [7, 11) is 0. The molecule has 4 heteroatoms. The number of carbonyl (C=O) groups is 1. The van der Waals surface area contributed by atoms with Crippen molar-refractivity contribution in [3.8, 4) is 0 Å². The zero-order chi connectivity index (χ0) is 8.36. The summed E-state index contributed by atoms with van der Waals surface area (Å²) in [5.41, 5.74) is 3.56. The maximum atomic E-state index is 12.7. The number of aliphatic carboxylic acids is 1. The van der Waals surface area contributed by atoms with Gasteiger partial charge in [-0.3, -0.25) is 4.79 Å². The number of nitrogens with two attached hydrogens (primary N) is 1. The molecule has 0 rings (SSSR count). The Labute approximate surface area is 59.0 Å². The lowest BCUT2D eigenvalue weighted by Crippen LogP contribution is -2.35. The van der Waals surface area contributed by atoms with Gasteiger partial charge >= 0.3 is 5.97 Å². The largest absolute Gasteiger partial charge is 0.480 e. The Bertz CT molecular complexity index is 130. The van der Waals surface area contributed by atoms with Crippen molar-refractivity contribution >= 4 is 5.97 Å². The van der Waals surface area contributed by atoms with Gasteiger partial charge in [-0.25, -0.2) is 4.39 Å². The highest BCUT2D eigenvalue weighted by Crippen LogP contribution is 2.14. The lowest BCUT2D eigenvalue weighted by atomic mass is 10.0. The summed E-state index contributed by atoms with van der Waals surface area (Å²) >= 11 is 0. The van der Waals surface area contributed by atoms with Crippen LogP contribution in [-0.2, 0) is 4.79 Å². The summed E-state index contributed by atoms with van der Waals surface area (Å²) in [5.74, 6) is -1.16. The Kier molecular flexibility index (Phi) is 2.77. The number of halogens is 1. The normalized spacial score (nSPS) is 14.8. The highest BCUT2D eigenvalue weighted by molar-refractivity contribution is 5.73. The number of hydrogen-bond acceptors (Lipinski definition) is 2. The zero-order valence-corrected chi connectivity index (χ0v) is 6.10. The topological polar surface area (TPSA) is 63.3 Å². The molecule has 0 aliphatic rings. The van der Waals surface area contributed by atoms with Crippen LogP contribution in [0.3, 0.4) is 0 Å². The number of carboxylic acid groups (broad SMARTS) is 1. The molecule has 3 nitrogen and oxygen atoms in total. The molecule has 0 bridgehead atoms. The third-order valence-corrected chi connectivity index (χ3v) is 1.02. The quantitative estimate of drug-likeness (QED) is 0.613. The molecule has 0 aromatic rings. The van der Waals surface area contributed by atoms with Gasteiger partial charge < -0.3 is 10.8 Å². The summed E-state index contributed by atoms with van der Waals surface area (Å²) in [4.78, 5) is 10.1. The van der Waals surface area contributed by atoms with E-state index < -0.39 is 17.7 Å². The maximum absolute atomic E-state index is 12.7. The average molecular weight is 148 g/mol. The molecule has 0 aliphatic carbocycles. The molecule has 1 atom stereocenters. The molecule has 0 aromatic carbocycles. The highest BCUT2D eigenvalue weighted by atomic mass is 18.2. The van der Waals surface area contributed by atoms with E-state index in [9.17, 15) is 9.18 Å². The summed E-state index contributed by atoms with van der Waals surface area (Å²) in [6, 6.07) is -1.10. The first-order valence-electron chi connectivity index (χ1n) is 3.00. The molecule has 0 amide bonds. The Morgan fingerprint density at radius 1 is 1.80 bits per heavy atom. The maximum Gasteiger partial charge on any atom is 0.320 e. The third kappa shape index (κ3) is 4.26. The molecule has 0 unspecified atom stereocenters. The number of hydrogen-bond donors (Lipinski definition) is 2. The molecule has 0 radical (unpaired) electrons. The van der Waals surface area contributed by atoms with E-state index in [-0.39, 0.29) is 6.42 Å². The van der Waals surface area contributed by atoms with Gasteiger partial charge in [0.25, 0.3) is 0 Å². The van der Waals surface area contributed by atoms with E-state index in [1.54, 1.807) is 0 Å². The predicted molar refractivity (Wildman–Crippen MR) is 35.4 cm³/mol. The fourth-order valence-electron chi connectivity index (χ4n) is 0.610. The van der Waals surface area contributed by atoms with Crippen LogP contribution < -0.4 is 5.73 Å². The van der Waals surface area contributed by atoms with Gasteiger partial charge in [-0.05, 0) is 13.8 Å². The molecule has 10 heavy (non-hydrogen) atoms. The zero-order valence-electron chi connectivity index (χ0n) is 6.10. The second-order valence-corrected chi connectivity index (χ2v) is 2.87. The second-order valence-electron chi connectivity index (χ2n) is 2.87. The molecule has 0 heterocycles. The van der Waals surface area contributed by atoms with Crippen molar-refractivity contribution < 1.29 is 14.3 Å². The minimum absolute atomic E-state index is 0.150. The molecule has 0 fully saturated rings. The summed E-state index contributed by atoms with van der Waals surface area (Å²) in [6.45, 7) is 2.60. The molecule has 0 spiro atoms. The summed E-state index contributed by atoms with van der Waals surface area (Å²) < 4.78 is 12.7. The highest BCUT2D eigenvalue weighted by Gasteiger charge is 2.23. The summed E-state index contributed by atoms with van der Waals surface area (Å²) in [5, 5.41) is 8.25. The van der Waals surface area contributed by atoms with Crippen LogP contribution in [0.25, 0.3) is 0 Å². The first-order valence-corrected chi connectivity index (χ1v) is 3.00. The Morgan fingerprint density at radius 2 is 2.20 bits per heavy atom. The molecule has 60 valence electrons. The van der Waals surface area contributed by atoms with Crippen LogP contribution in [0.15, 0.2) is 0 Å². The van der Waals surface area contributed by atoms with Crippen molar-refractivity contribution in [3.05, 3.63) is 0 Å². The minimum Gasteiger partial charge on any atom is -0.480 e. The van der Waals surface area contributed by atoms with Crippen molar-refractivity contribution in [2.45, 2.75) is 32.0 Å². The van der Waals surface area contributed by atoms with E-state index in [1.807, 2.05) is 0 Å². The molecular weight excluding hydrogens is 136 g/mol. The van der Waals surface area contributed by atoms with E-state index in [4.69, 9.17) is 10.8 Å². The van der Waals surface area contributed by atoms with E-state index >= 15 is 0 Å². The van der Waals surface area contributed by atoms with Gasteiger partial charge in [-0.15, -0.1) is 0 Å². The van der Waals surface area contributed by atoms with Crippen LogP contribution in [0.1, 0.15) is 20.3 Å². The SMILES string of the molecule is CC(C)([18F])C[C@H](N)C(=O)O. The molecule has 0 aromatic heterocycles. The average Bonchev–Trinajstić information content (AvgIpc) is 1.60. The third-order valence-electron chi connectivity index (χ3n) is 1.02. The van der Waals surface area contributed by atoms with Gasteiger partial charge in [-0.2, -0.15) is 0 Å². The Balaban J connectivity index is 3.80. The van der Waals surface area contributed by atoms with Crippen molar-refractivity contribution in [2.75, 3.05) is 0 Å². The van der Waals surface area contributed by atoms with Gasteiger partial charge in [0.2, 0.25) is 0 Å². The van der Waals surface area contributed by atoms with Gasteiger partial charge in [0, 0.05) is 6.42 Å².